The minimum absolute atomic E-state index is 0.243. The van der Waals surface area contributed by atoms with E-state index in [1.54, 1.807) is 6.92 Å². The molecule has 1 amide bonds. The van der Waals surface area contributed by atoms with E-state index in [4.69, 9.17) is 9.47 Å². The van der Waals surface area contributed by atoms with E-state index in [1.165, 1.54) is 0 Å². The van der Waals surface area contributed by atoms with Crippen LogP contribution >= 0.6 is 0 Å². The first-order valence-electron chi connectivity index (χ1n) is 4.95. The van der Waals surface area contributed by atoms with Crippen LogP contribution in [0.2, 0.25) is 0 Å². The highest BCUT2D eigenvalue weighted by Crippen LogP contribution is 2.20. The van der Waals surface area contributed by atoms with Crippen LogP contribution in [0.15, 0.2) is 0 Å². The van der Waals surface area contributed by atoms with Crippen LogP contribution in [0.4, 0.5) is 0 Å². The second kappa shape index (κ2) is 6.02. The predicted molar refractivity (Wildman–Crippen MR) is 51.0 cm³/mol. The Kier molecular flexibility index (Phi) is 4.97. The Morgan fingerprint density at radius 1 is 1.53 bits per heavy atom. The van der Waals surface area contributed by atoms with Gasteiger partial charge < -0.3 is 25.0 Å². The molecule has 0 aromatic carbocycles. The Labute approximate surface area is 88.2 Å². The van der Waals surface area contributed by atoms with E-state index in [0.29, 0.717) is 13.0 Å². The van der Waals surface area contributed by atoms with Crippen LogP contribution in [-0.4, -0.2) is 54.4 Å². The Bertz CT molecular complexity index is 201. The van der Waals surface area contributed by atoms with Crippen LogP contribution < -0.4 is 5.32 Å². The lowest BCUT2D eigenvalue weighted by Crippen LogP contribution is -2.47. The maximum absolute atomic E-state index is 9.93. The molecule has 0 aromatic rings. The van der Waals surface area contributed by atoms with Gasteiger partial charge in [0.1, 0.15) is 6.10 Å². The van der Waals surface area contributed by atoms with Gasteiger partial charge in [-0.2, -0.15) is 0 Å². The average Bonchev–Trinajstić information content (AvgIpc) is 2.20. The highest BCUT2D eigenvalue weighted by atomic mass is 16.7. The van der Waals surface area contributed by atoms with Gasteiger partial charge in [-0.15, -0.1) is 0 Å². The van der Waals surface area contributed by atoms with E-state index < -0.39 is 18.5 Å². The molecule has 15 heavy (non-hydrogen) atoms. The summed E-state index contributed by atoms with van der Waals surface area (Å²) in [6, 6.07) is 0. The third kappa shape index (κ3) is 3.75. The Morgan fingerprint density at radius 2 is 2.27 bits per heavy atom. The van der Waals surface area contributed by atoms with Crippen molar-refractivity contribution in [1.82, 2.24) is 5.32 Å². The Hall–Kier alpha value is -0.690. The van der Waals surface area contributed by atoms with Crippen molar-refractivity contribution in [3.63, 3.8) is 0 Å². The van der Waals surface area contributed by atoms with E-state index in [2.05, 4.69) is 5.32 Å². The summed E-state index contributed by atoms with van der Waals surface area (Å²) in [5, 5.41) is 21.3. The molecule has 0 spiro atoms. The lowest BCUT2D eigenvalue weighted by atomic mass is 10.0. The summed E-state index contributed by atoms with van der Waals surface area (Å²) in [7, 11) is 0. The largest absolute Gasteiger partial charge is 0.390 e. The molecule has 1 fully saturated rings. The topological polar surface area (TPSA) is 88.0 Å². The zero-order chi connectivity index (χ0) is 11.3. The number of aliphatic hydroxyl groups is 2. The highest BCUT2D eigenvalue weighted by Gasteiger charge is 2.34. The van der Waals surface area contributed by atoms with Crippen LogP contribution in [0.1, 0.15) is 13.3 Å². The van der Waals surface area contributed by atoms with Crippen LogP contribution in [0, 0.1) is 0 Å². The molecule has 0 unspecified atom stereocenters. The third-order valence-corrected chi connectivity index (χ3v) is 2.30. The maximum Gasteiger partial charge on any atom is 0.207 e. The van der Waals surface area contributed by atoms with Crippen LogP contribution in [0.5, 0.6) is 0 Å². The molecule has 0 bridgehead atoms. The van der Waals surface area contributed by atoms with Crippen molar-refractivity contribution in [3.05, 3.63) is 0 Å². The van der Waals surface area contributed by atoms with Gasteiger partial charge in [0.05, 0.1) is 18.8 Å². The molecular weight excluding hydrogens is 202 g/mol. The predicted octanol–water partition coefficient (Wildman–Crippen LogP) is -1.39. The Morgan fingerprint density at radius 3 is 2.93 bits per heavy atom. The number of nitrogens with one attached hydrogen (secondary N) is 1. The summed E-state index contributed by atoms with van der Waals surface area (Å²) in [5.74, 6) is 0. The average molecular weight is 219 g/mol. The van der Waals surface area contributed by atoms with E-state index in [1.807, 2.05) is 0 Å². The van der Waals surface area contributed by atoms with Crippen molar-refractivity contribution in [2.45, 2.75) is 37.9 Å². The van der Waals surface area contributed by atoms with E-state index in [-0.39, 0.29) is 19.1 Å². The molecule has 1 rings (SSSR count). The summed E-state index contributed by atoms with van der Waals surface area (Å²) >= 11 is 0. The lowest BCUT2D eigenvalue weighted by molar-refractivity contribution is -0.260. The number of hydrogen-bond acceptors (Lipinski definition) is 5. The number of ether oxygens (including phenoxy) is 2. The number of amides is 1. The molecular formula is C9H17NO5. The fourth-order valence-electron chi connectivity index (χ4n) is 1.39. The van der Waals surface area contributed by atoms with E-state index >= 15 is 0 Å². The normalized spacial score (nSPS) is 36.2. The number of carbonyl (C=O) groups excluding carboxylic acids is 1. The maximum atomic E-state index is 9.93. The number of hydrogen-bond donors (Lipinski definition) is 3. The van der Waals surface area contributed by atoms with Gasteiger partial charge in [0.25, 0.3) is 0 Å². The van der Waals surface area contributed by atoms with Gasteiger partial charge in [-0.05, 0) is 6.92 Å². The summed E-state index contributed by atoms with van der Waals surface area (Å²) in [6.45, 7) is 2.35. The van der Waals surface area contributed by atoms with Gasteiger partial charge in [0.2, 0.25) is 6.41 Å². The van der Waals surface area contributed by atoms with Gasteiger partial charge in [0, 0.05) is 13.0 Å². The van der Waals surface area contributed by atoms with E-state index in [0.717, 1.165) is 0 Å². The molecule has 0 saturated carbocycles. The van der Waals surface area contributed by atoms with Crippen molar-refractivity contribution in [1.29, 1.82) is 0 Å². The SMILES string of the molecule is C[C@@H]1O[C@@H](OCCNC=O)[C@@H](O)C[C@@H]1O. The minimum atomic E-state index is -0.826. The summed E-state index contributed by atoms with van der Waals surface area (Å²) in [4.78, 5) is 9.93. The molecule has 1 aliphatic rings. The molecule has 1 heterocycles. The lowest BCUT2D eigenvalue weighted by Gasteiger charge is -2.35. The fraction of sp³-hybridized carbons (Fsp3) is 0.889. The highest BCUT2D eigenvalue weighted by molar-refractivity contribution is 5.45. The smallest absolute Gasteiger partial charge is 0.207 e. The molecule has 6 nitrogen and oxygen atoms in total. The van der Waals surface area contributed by atoms with Gasteiger partial charge in [-0.3, -0.25) is 4.79 Å². The number of rotatable bonds is 5. The zero-order valence-electron chi connectivity index (χ0n) is 8.63. The van der Waals surface area contributed by atoms with Crippen LogP contribution in [0.3, 0.4) is 0 Å². The first kappa shape index (κ1) is 12.4. The first-order valence-corrected chi connectivity index (χ1v) is 4.95. The van der Waals surface area contributed by atoms with Gasteiger partial charge in [-0.25, -0.2) is 0 Å². The molecule has 0 aromatic heterocycles. The molecule has 6 heteroatoms. The van der Waals surface area contributed by atoms with Gasteiger partial charge >= 0.3 is 0 Å². The minimum Gasteiger partial charge on any atom is -0.390 e. The molecule has 3 N–H and O–H groups in total. The van der Waals surface area contributed by atoms with Crippen molar-refractivity contribution < 1.29 is 24.5 Å². The molecule has 0 aliphatic carbocycles. The van der Waals surface area contributed by atoms with Gasteiger partial charge in [0.15, 0.2) is 6.29 Å². The third-order valence-electron chi connectivity index (χ3n) is 2.30. The van der Waals surface area contributed by atoms with Crippen LogP contribution in [0.25, 0.3) is 0 Å². The molecule has 88 valence electrons. The second-order valence-corrected chi connectivity index (χ2v) is 3.52. The molecule has 0 radical (unpaired) electrons. The van der Waals surface area contributed by atoms with Crippen molar-refractivity contribution in [3.8, 4) is 0 Å². The fourth-order valence-corrected chi connectivity index (χ4v) is 1.39. The monoisotopic (exact) mass is 219 g/mol. The standard InChI is InChI=1S/C9H17NO5/c1-6-7(12)4-8(13)9(15-6)14-3-2-10-5-11/h5-9,12-13H,2-4H2,1H3,(H,10,11)/t6-,7-,8-,9+/m0/s1. The molecule has 1 saturated heterocycles. The summed E-state index contributed by atoms with van der Waals surface area (Å²) in [5.41, 5.74) is 0. The number of aliphatic hydroxyl groups excluding tert-OH is 2. The Balaban J connectivity index is 2.25. The first-order chi connectivity index (χ1) is 7.15. The van der Waals surface area contributed by atoms with Crippen molar-refractivity contribution in [2.24, 2.45) is 0 Å². The number of carbonyl (C=O) groups is 1. The van der Waals surface area contributed by atoms with Crippen LogP contribution in [-0.2, 0) is 14.3 Å². The van der Waals surface area contributed by atoms with E-state index in [9.17, 15) is 15.0 Å². The second-order valence-electron chi connectivity index (χ2n) is 3.52. The zero-order valence-corrected chi connectivity index (χ0v) is 8.63. The van der Waals surface area contributed by atoms with Gasteiger partial charge in [-0.1, -0.05) is 0 Å². The quantitative estimate of drug-likeness (QED) is 0.391. The summed E-state index contributed by atoms with van der Waals surface area (Å²) < 4.78 is 10.5. The van der Waals surface area contributed by atoms with Crippen molar-refractivity contribution >= 4 is 6.41 Å². The summed E-state index contributed by atoms with van der Waals surface area (Å²) in [6.07, 6.45) is -1.74. The molecule has 4 atom stereocenters. The van der Waals surface area contributed by atoms with Crippen molar-refractivity contribution in [2.75, 3.05) is 13.2 Å². The molecule has 1 aliphatic heterocycles.